The fraction of sp³-hybridized carbons (Fsp3) is 0.318. The van der Waals surface area contributed by atoms with Crippen LogP contribution in [0.25, 0.3) is 0 Å². The van der Waals surface area contributed by atoms with E-state index < -0.39 is 11.0 Å². The minimum absolute atomic E-state index is 0.0498. The molecule has 0 aliphatic carbocycles. The number of nitro benzene ring substituents is 1. The minimum Gasteiger partial charge on any atom is -0.355 e. The minimum atomic E-state index is -0.606. The van der Waals surface area contributed by atoms with Crippen LogP contribution in [-0.4, -0.2) is 47.2 Å². The molecule has 2 N–H and O–H groups in total. The zero-order valence-electron chi connectivity index (χ0n) is 17.4. The smallest absolute Gasteiger partial charge is 0.272 e. The molecule has 2 aromatic carbocycles. The van der Waals surface area contributed by atoms with E-state index in [9.17, 15) is 24.5 Å². The Labute approximate surface area is 179 Å². The second-order valence-corrected chi connectivity index (χ2v) is 7.41. The van der Waals surface area contributed by atoms with Crippen molar-refractivity contribution in [2.75, 3.05) is 13.6 Å². The Morgan fingerprint density at radius 3 is 2.61 bits per heavy atom. The molecule has 0 aromatic heterocycles. The molecule has 0 saturated carbocycles. The van der Waals surface area contributed by atoms with Crippen LogP contribution in [0.1, 0.15) is 44.7 Å². The van der Waals surface area contributed by atoms with Crippen molar-refractivity contribution in [1.82, 2.24) is 15.5 Å². The SMILES string of the molecule is CNC(=O)c1cccc(CNC(=O)C2CCCN2C(=O)c2ccc([N+](=O)[O-])c(C)c2)c1. The molecule has 1 heterocycles. The summed E-state index contributed by atoms with van der Waals surface area (Å²) in [6.07, 6.45) is 1.24. The van der Waals surface area contributed by atoms with E-state index in [1.165, 1.54) is 23.1 Å². The number of nitrogens with zero attached hydrogens (tertiary/aromatic N) is 2. The molecule has 1 fully saturated rings. The van der Waals surface area contributed by atoms with Gasteiger partial charge in [-0.15, -0.1) is 0 Å². The standard InChI is InChI=1S/C22H24N4O5/c1-14-11-17(8-9-18(14)26(30)31)22(29)25-10-4-7-19(25)21(28)24-13-15-5-3-6-16(12-15)20(27)23-2/h3,5-6,8-9,11-12,19H,4,7,10,13H2,1-2H3,(H,23,27)(H,24,28). The average molecular weight is 424 g/mol. The number of rotatable bonds is 6. The van der Waals surface area contributed by atoms with Gasteiger partial charge >= 0.3 is 0 Å². The van der Waals surface area contributed by atoms with Crippen LogP contribution in [0.15, 0.2) is 42.5 Å². The fourth-order valence-electron chi connectivity index (χ4n) is 3.72. The van der Waals surface area contributed by atoms with E-state index >= 15 is 0 Å². The summed E-state index contributed by atoms with van der Waals surface area (Å²) in [5.41, 5.74) is 1.94. The summed E-state index contributed by atoms with van der Waals surface area (Å²) in [7, 11) is 1.55. The predicted octanol–water partition coefficient (Wildman–Crippen LogP) is 2.18. The van der Waals surface area contributed by atoms with E-state index in [0.717, 1.165) is 5.56 Å². The van der Waals surface area contributed by atoms with Gasteiger partial charge in [0.1, 0.15) is 6.04 Å². The molecule has 3 amide bonds. The first-order valence-electron chi connectivity index (χ1n) is 9.96. The maximum atomic E-state index is 13.0. The summed E-state index contributed by atoms with van der Waals surface area (Å²) in [4.78, 5) is 49.5. The Balaban J connectivity index is 1.68. The van der Waals surface area contributed by atoms with E-state index in [1.54, 1.807) is 32.2 Å². The summed E-state index contributed by atoms with van der Waals surface area (Å²) in [6, 6.07) is 10.6. The van der Waals surface area contributed by atoms with Crippen LogP contribution in [0.5, 0.6) is 0 Å². The molecule has 3 rings (SSSR count). The largest absolute Gasteiger partial charge is 0.355 e. The molecule has 1 unspecified atom stereocenters. The third-order valence-electron chi connectivity index (χ3n) is 5.34. The Morgan fingerprint density at radius 2 is 1.94 bits per heavy atom. The first-order chi connectivity index (χ1) is 14.8. The van der Waals surface area contributed by atoms with Gasteiger partial charge in [0.25, 0.3) is 17.5 Å². The monoisotopic (exact) mass is 424 g/mol. The molecule has 9 heteroatoms. The molecular formula is C22H24N4O5. The van der Waals surface area contributed by atoms with Gasteiger partial charge in [0, 0.05) is 42.9 Å². The van der Waals surface area contributed by atoms with Crippen LogP contribution >= 0.6 is 0 Å². The number of aryl methyl sites for hydroxylation is 1. The molecule has 162 valence electrons. The first-order valence-corrected chi connectivity index (χ1v) is 9.96. The number of likely N-dealkylation sites (tertiary alicyclic amines) is 1. The number of amides is 3. The molecule has 0 radical (unpaired) electrons. The van der Waals surface area contributed by atoms with Crippen LogP contribution in [0.2, 0.25) is 0 Å². The van der Waals surface area contributed by atoms with Gasteiger partial charge < -0.3 is 15.5 Å². The topological polar surface area (TPSA) is 122 Å². The van der Waals surface area contributed by atoms with Crippen molar-refractivity contribution in [3.63, 3.8) is 0 Å². The van der Waals surface area contributed by atoms with E-state index in [0.29, 0.717) is 36.1 Å². The second kappa shape index (κ2) is 9.38. The maximum absolute atomic E-state index is 13.0. The lowest BCUT2D eigenvalue weighted by Crippen LogP contribution is -2.45. The number of hydrogen-bond donors (Lipinski definition) is 2. The molecule has 0 spiro atoms. The van der Waals surface area contributed by atoms with Crippen molar-refractivity contribution in [2.24, 2.45) is 0 Å². The fourth-order valence-corrected chi connectivity index (χ4v) is 3.72. The van der Waals surface area contributed by atoms with Gasteiger partial charge in [-0.1, -0.05) is 12.1 Å². The highest BCUT2D eigenvalue weighted by atomic mass is 16.6. The Morgan fingerprint density at radius 1 is 1.16 bits per heavy atom. The van der Waals surface area contributed by atoms with Crippen LogP contribution in [0.4, 0.5) is 5.69 Å². The van der Waals surface area contributed by atoms with Crippen LogP contribution < -0.4 is 10.6 Å². The molecule has 1 saturated heterocycles. The summed E-state index contributed by atoms with van der Waals surface area (Å²) in [5, 5.41) is 16.4. The highest BCUT2D eigenvalue weighted by Crippen LogP contribution is 2.24. The van der Waals surface area contributed by atoms with E-state index in [2.05, 4.69) is 10.6 Å². The second-order valence-electron chi connectivity index (χ2n) is 7.41. The number of carbonyl (C=O) groups excluding carboxylic acids is 3. The summed E-state index contributed by atoms with van der Waals surface area (Å²) >= 11 is 0. The van der Waals surface area contributed by atoms with Crippen LogP contribution in [0.3, 0.4) is 0 Å². The highest BCUT2D eigenvalue weighted by Gasteiger charge is 2.34. The van der Waals surface area contributed by atoms with E-state index in [4.69, 9.17) is 0 Å². The highest BCUT2D eigenvalue weighted by molar-refractivity contribution is 5.98. The first kappa shape index (κ1) is 21.9. The zero-order chi connectivity index (χ0) is 22.5. The van der Waals surface area contributed by atoms with Crippen molar-refractivity contribution < 1.29 is 19.3 Å². The van der Waals surface area contributed by atoms with Crippen LogP contribution in [-0.2, 0) is 11.3 Å². The number of nitro groups is 1. The molecule has 1 aliphatic heterocycles. The van der Waals surface area contributed by atoms with Crippen molar-refractivity contribution in [3.05, 3.63) is 74.8 Å². The number of carbonyl (C=O) groups is 3. The third kappa shape index (κ3) is 4.88. The quantitative estimate of drug-likeness (QED) is 0.544. The molecule has 31 heavy (non-hydrogen) atoms. The van der Waals surface area contributed by atoms with Crippen molar-refractivity contribution in [2.45, 2.75) is 32.4 Å². The van der Waals surface area contributed by atoms with Crippen molar-refractivity contribution in [1.29, 1.82) is 0 Å². The molecule has 0 bridgehead atoms. The molecular weight excluding hydrogens is 400 g/mol. The van der Waals surface area contributed by atoms with Crippen molar-refractivity contribution >= 4 is 23.4 Å². The Hall–Kier alpha value is -3.75. The van der Waals surface area contributed by atoms with Gasteiger partial charge in [0.05, 0.1) is 4.92 Å². The maximum Gasteiger partial charge on any atom is 0.272 e. The van der Waals surface area contributed by atoms with E-state index in [-0.39, 0.29) is 30.0 Å². The Kier molecular flexibility index (Phi) is 6.64. The lowest BCUT2D eigenvalue weighted by Gasteiger charge is -2.24. The van der Waals surface area contributed by atoms with Gasteiger partial charge in [-0.3, -0.25) is 24.5 Å². The predicted molar refractivity (Wildman–Crippen MR) is 114 cm³/mol. The van der Waals surface area contributed by atoms with E-state index in [1.807, 2.05) is 6.07 Å². The lowest BCUT2D eigenvalue weighted by atomic mass is 10.1. The Bertz CT molecular complexity index is 1040. The van der Waals surface area contributed by atoms with Gasteiger partial charge in [-0.25, -0.2) is 0 Å². The molecule has 1 atom stereocenters. The molecule has 9 nitrogen and oxygen atoms in total. The number of hydrogen-bond acceptors (Lipinski definition) is 5. The summed E-state index contributed by atoms with van der Waals surface area (Å²) in [6.45, 7) is 2.26. The normalized spacial score (nSPS) is 15.4. The molecule has 2 aromatic rings. The number of benzene rings is 2. The van der Waals surface area contributed by atoms with Crippen molar-refractivity contribution in [3.8, 4) is 0 Å². The summed E-state index contributed by atoms with van der Waals surface area (Å²) < 4.78 is 0. The van der Waals surface area contributed by atoms with Gasteiger partial charge in [0.2, 0.25) is 5.91 Å². The van der Waals surface area contributed by atoms with Gasteiger partial charge in [0.15, 0.2) is 0 Å². The zero-order valence-corrected chi connectivity index (χ0v) is 17.4. The van der Waals surface area contributed by atoms with Gasteiger partial charge in [-0.2, -0.15) is 0 Å². The third-order valence-corrected chi connectivity index (χ3v) is 5.34. The lowest BCUT2D eigenvalue weighted by molar-refractivity contribution is -0.385. The summed E-state index contributed by atoms with van der Waals surface area (Å²) in [5.74, 6) is -0.800. The van der Waals surface area contributed by atoms with Gasteiger partial charge in [-0.05, 0) is 49.6 Å². The molecule has 1 aliphatic rings. The number of nitrogens with one attached hydrogen (secondary N) is 2. The van der Waals surface area contributed by atoms with Crippen LogP contribution in [0, 0.1) is 17.0 Å². The average Bonchev–Trinajstić information content (AvgIpc) is 3.26.